The maximum absolute atomic E-state index is 11.9. The van der Waals surface area contributed by atoms with Gasteiger partial charge in [0.2, 0.25) is 5.91 Å². The normalized spacial score (nSPS) is 11.0. The first kappa shape index (κ1) is 21.6. The highest BCUT2D eigenvalue weighted by Gasteiger charge is 2.30. The molecule has 0 unspecified atom stereocenters. The van der Waals surface area contributed by atoms with Gasteiger partial charge < -0.3 is 19.5 Å². The van der Waals surface area contributed by atoms with Crippen LogP contribution in [0.2, 0.25) is 0 Å². The molecular formula is C15H33NO4. The number of carbonyl (C=O) groups excluding carboxylic acids is 1. The molecule has 0 aromatic rings. The van der Waals surface area contributed by atoms with E-state index in [4.69, 9.17) is 14.2 Å². The number of ether oxygens (including phenoxy) is 3. The molecular weight excluding hydrogens is 258 g/mol. The molecule has 0 rings (SSSR count). The van der Waals surface area contributed by atoms with Gasteiger partial charge in [-0.15, -0.1) is 0 Å². The molecule has 0 heterocycles. The van der Waals surface area contributed by atoms with Crippen molar-refractivity contribution in [3.8, 4) is 0 Å². The van der Waals surface area contributed by atoms with Crippen LogP contribution in [-0.2, 0) is 19.0 Å². The van der Waals surface area contributed by atoms with E-state index in [1.807, 2.05) is 41.5 Å². The van der Waals surface area contributed by atoms with E-state index in [9.17, 15) is 4.79 Å². The minimum Gasteiger partial charge on any atom is -0.377 e. The van der Waals surface area contributed by atoms with Gasteiger partial charge in [-0.1, -0.05) is 41.5 Å². The lowest BCUT2D eigenvalue weighted by Crippen LogP contribution is -2.41. The molecule has 0 radical (unpaired) electrons. The van der Waals surface area contributed by atoms with E-state index in [1.165, 1.54) is 0 Å². The summed E-state index contributed by atoms with van der Waals surface area (Å²) in [5.74, 6) is 0.373. The minimum atomic E-state index is -0.346. The first-order valence-corrected chi connectivity index (χ1v) is 7.35. The second kappa shape index (κ2) is 13.3. The highest BCUT2D eigenvalue weighted by Crippen LogP contribution is 2.25. The van der Waals surface area contributed by atoms with Gasteiger partial charge in [-0.25, -0.2) is 0 Å². The summed E-state index contributed by atoms with van der Waals surface area (Å²) in [6, 6.07) is 0. The van der Waals surface area contributed by atoms with E-state index in [0.29, 0.717) is 32.3 Å². The molecule has 1 amide bonds. The second-order valence-electron chi connectivity index (χ2n) is 5.06. The maximum Gasteiger partial charge on any atom is 0.225 e. The van der Waals surface area contributed by atoms with Gasteiger partial charge >= 0.3 is 0 Å². The van der Waals surface area contributed by atoms with Gasteiger partial charge in [-0.3, -0.25) is 4.79 Å². The fourth-order valence-corrected chi connectivity index (χ4v) is 1.09. The zero-order chi connectivity index (χ0) is 16.0. The number of hydrogen-bond donors (Lipinski definition) is 1. The zero-order valence-corrected chi connectivity index (χ0v) is 14.2. The maximum atomic E-state index is 11.9. The molecule has 5 nitrogen and oxygen atoms in total. The molecule has 0 spiro atoms. The van der Waals surface area contributed by atoms with E-state index < -0.39 is 0 Å². The Morgan fingerprint density at radius 1 is 1.10 bits per heavy atom. The summed E-state index contributed by atoms with van der Waals surface area (Å²) in [5, 5.41) is 2.88. The van der Waals surface area contributed by atoms with Crippen LogP contribution < -0.4 is 5.32 Å². The van der Waals surface area contributed by atoms with Crippen LogP contribution in [0.15, 0.2) is 0 Å². The van der Waals surface area contributed by atoms with Gasteiger partial charge in [-0.2, -0.15) is 0 Å². The van der Waals surface area contributed by atoms with Crippen LogP contribution in [0.25, 0.3) is 0 Å². The molecule has 0 saturated carbocycles. The summed E-state index contributed by atoms with van der Waals surface area (Å²) < 4.78 is 15.1. The summed E-state index contributed by atoms with van der Waals surface area (Å²) in [6.07, 6.45) is 0. The van der Waals surface area contributed by atoms with E-state index in [1.54, 1.807) is 7.11 Å². The van der Waals surface area contributed by atoms with Crippen LogP contribution in [0.3, 0.4) is 0 Å². The van der Waals surface area contributed by atoms with Crippen molar-refractivity contribution >= 4 is 5.91 Å². The van der Waals surface area contributed by atoms with Crippen molar-refractivity contribution in [2.45, 2.75) is 41.5 Å². The summed E-state index contributed by atoms with van der Waals surface area (Å²) in [6.45, 7) is 14.3. The largest absolute Gasteiger partial charge is 0.377 e. The van der Waals surface area contributed by atoms with Gasteiger partial charge in [0, 0.05) is 19.1 Å². The lowest BCUT2D eigenvalue weighted by atomic mass is 9.80. The van der Waals surface area contributed by atoms with Gasteiger partial charge in [-0.05, 0) is 5.92 Å². The Morgan fingerprint density at radius 3 is 2.15 bits per heavy atom. The molecule has 5 heteroatoms. The summed E-state index contributed by atoms with van der Waals surface area (Å²) in [7, 11) is 1.58. The van der Waals surface area contributed by atoms with Crippen molar-refractivity contribution in [2.75, 3.05) is 40.3 Å². The molecule has 0 aromatic heterocycles. The lowest BCUT2D eigenvalue weighted by Gasteiger charge is -2.27. The molecule has 0 aliphatic rings. The van der Waals surface area contributed by atoms with Gasteiger partial charge in [0.05, 0.1) is 19.8 Å². The van der Waals surface area contributed by atoms with E-state index in [0.717, 1.165) is 0 Å². The molecule has 0 aliphatic carbocycles. The predicted molar refractivity (Wildman–Crippen MR) is 81.6 cm³/mol. The number of hydrogen-bond acceptors (Lipinski definition) is 4. The number of amides is 1. The first-order chi connectivity index (χ1) is 9.42. The smallest absolute Gasteiger partial charge is 0.225 e. The number of methoxy groups -OCH3 is 1. The topological polar surface area (TPSA) is 56.8 Å². The van der Waals surface area contributed by atoms with Gasteiger partial charge in [0.15, 0.2) is 0 Å². The van der Waals surface area contributed by atoms with Crippen LogP contribution in [0, 0.1) is 11.3 Å². The number of nitrogens with one attached hydrogen (secondary N) is 1. The van der Waals surface area contributed by atoms with Crippen LogP contribution >= 0.6 is 0 Å². The Bertz CT molecular complexity index is 230. The highest BCUT2D eigenvalue weighted by molar-refractivity contribution is 5.81. The fourth-order valence-electron chi connectivity index (χ4n) is 1.09. The molecule has 0 aromatic carbocycles. The number of carbonyl (C=O) groups is 1. The predicted octanol–water partition coefficient (Wildman–Crippen LogP) is 2.45. The molecule has 0 atom stereocenters. The van der Waals surface area contributed by atoms with Crippen molar-refractivity contribution in [1.82, 2.24) is 5.32 Å². The Labute approximate surface area is 124 Å². The lowest BCUT2D eigenvalue weighted by molar-refractivity contribution is -0.131. The second-order valence-corrected chi connectivity index (χ2v) is 5.06. The first-order valence-electron chi connectivity index (χ1n) is 7.35. The summed E-state index contributed by atoms with van der Waals surface area (Å²) in [4.78, 5) is 11.9. The fraction of sp³-hybridized carbons (Fsp3) is 0.933. The van der Waals surface area contributed by atoms with Gasteiger partial charge in [0.25, 0.3) is 0 Å². The summed E-state index contributed by atoms with van der Waals surface area (Å²) in [5.41, 5.74) is -0.346. The van der Waals surface area contributed by atoms with Crippen molar-refractivity contribution in [2.24, 2.45) is 11.3 Å². The van der Waals surface area contributed by atoms with E-state index >= 15 is 0 Å². The average Bonchev–Trinajstić information content (AvgIpc) is 2.43. The Morgan fingerprint density at radius 2 is 1.65 bits per heavy atom. The van der Waals surface area contributed by atoms with Crippen molar-refractivity contribution in [1.29, 1.82) is 0 Å². The third-order valence-corrected chi connectivity index (χ3v) is 3.13. The Hall–Kier alpha value is -0.650. The third-order valence-electron chi connectivity index (χ3n) is 3.13. The van der Waals surface area contributed by atoms with Gasteiger partial charge in [0.1, 0.15) is 6.79 Å². The molecule has 0 bridgehead atoms. The van der Waals surface area contributed by atoms with Crippen molar-refractivity contribution < 1.29 is 19.0 Å². The monoisotopic (exact) mass is 291 g/mol. The molecule has 0 fully saturated rings. The van der Waals surface area contributed by atoms with Crippen LogP contribution in [0.5, 0.6) is 0 Å². The van der Waals surface area contributed by atoms with Crippen molar-refractivity contribution in [3.63, 3.8) is 0 Å². The average molecular weight is 291 g/mol. The zero-order valence-electron chi connectivity index (χ0n) is 14.2. The van der Waals surface area contributed by atoms with Crippen molar-refractivity contribution in [3.05, 3.63) is 0 Å². The Balaban J connectivity index is 0. The third kappa shape index (κ3) is 10.2. The molecule has 122 valence electrons. The molecule has 0 saturated heterocycles. The Kier molecular flexibility index (Phi) is 14.4. The molecule has 20 heavy (non-hydrogen) atoms. The molecule has 0 aliphatic heterocycles. The summed E-state index contributed by atoms with van der Waals surface area (Å²) >= 11 is 0. The van der Waals surface area contributed by atoms with E-state index in [2.05, 4.69) is 5.32 Å². The SMILES string of the molecule is CC.COCOCCOCCNC(=O)C(C)(C)C(C)C. The molecule has 1 N–H and O–H groups in total. The van der Waals surface area contributed by atoms with Crippen LogP contribution in [-0.4, -0.2) is 46.2 Å². The van der Waals surface area contributed by atoms with Crippen LogP contribution in [0.4, 0.5) is 0 Å². The number of rotatable bonds is 10. The van der Waals surface area contributed by atoms with E-state index in [-0.39, 0.29) is 18.1 Å². The highest BCUT2D eigenvalue weighted by atomic mass is 16.7. The quantitative estimate of drug-likeness (QED) is 0.496. The minimum absolute atomic E-state index is 0.0664. The van der Waals surface area contributed by atoms with Crippen LogP contribution in [0.1, 0.15) is 41.5 Å². The standard InChI is InChI=1S/C13H27NO4.C2H6/c1-11(2)13(3,4)12(15)14-6-7-17-8-9-18-10-16-5;1-2/h11H,6-10H2,1-5H3,(H,14,15);1-2H3.